The maximum atomic E-state index is 13.6. The number of aromatic nitrogens is 2. The predicted octanol–water partition coefficient (Wildman–Crippen LogP) is 4.14. The van der Waals surface area contributed by atoms with Crippen molar-refractivity contribution in [2.24, 2.45) is 0 Å². The largest absolute Gasteiger partial charge is 0.363 e. The molecule has 2 N–H and O–H groups in total. The zero-order chi connectivity index (χ0) is 20.3. The Balaban J connectivity index is 1.54. The van der Waals surface area contributed by atoms with Crippen molar-refractivity contribution in [1.29, 1.82) is 0 Å². The minimum atomic E-state index is -0.663. The van der Waals surface area contributed by atoms with Gasteiger partial charge in [0.25, 0.3) is 5.91 Å². The highest BCUT2D eigenvalue weighted by atomic mass is 35.5. The van der Waals surface area contributed by atoms with Crippen LogP contribution < -0.4 is 15.5 Å². The SMILES string of the molecule is CN(C)c1ccnc(NC2CCC(NC(=O)c3cc(F)c(Cl)cc3Cl)CC2)n1. The maximum Gasteiger partial charge on any atom is 0.253 e. The van der Waals surface area contributed by atoms with Crippen LogP contribution in [-0.4, -0.2) is 42.1 Å². The second kappa shape index (κ2) is 8.92. The summed E-state index contributed by atoms with van der Waals surface area (Å²) in [6.45, 7) is 0. The molecular formula is C19H22Cl2FN5O. The molecule has 0 atom stereocenters. The van der Waals surface area contributed by atoms with E-state index in [1.165, 1.54) is 6.07 Å². The molecule has 1 amide bonds. The quantitative estimate of drug-likeness (QED) is 0.704. The number of nitrogens with zero attached hydrogens (tertiary/aromatic N) is 3. The minimum absolute atomic E-state index is 0.00869. The molecule has 0 aliphatic heterocycles. The number of amides is 1. The molecule has 0 saturated heterocycles. The molecule has 0 spiro atoms. The number of nitrogens with one attached hydrogen (secondary N) is 2. The number of halogens is 3. The summed E-state index contributed by atoms with van der Waals surface area (Å²) < 4.78 is 13.6. The first-order valence-corrected chi connectivity index (χ1v) is 9.81. The smallest absolute Gasteiger partial charge is 0.253 e. The van der Waals surface area contributed by atoms with E-state index < -0.39 is 5.82 Å². The van der Waals surface area contributed by atoms with Gasteiger partial charge in [0.2, 0.25) is 5.95 Å². The fourth-order valence-electron chi connectivity index (χ4n) is 3.19. The molecule has 0 unspecified atom stereocenters. The van der Waals surface area contributed by atoms with Crippen molar-refractivity contribution in [3.05, 3.63) is 45.8 Å². The van der Waals surface area contributed by atoms with Gasteiger partial charge in [0.05, 0.1) is 15.6 Å². The van der Waals surface area contributed by atoms with E-state index in [9.17, 15) is 9.18 Å². The van der Waals surface area contributed by atoms with Crippen LogP contribution in [-0.2, 0) is 0 Å². The van der Waals surface area contributed by atoms with Gasteiger partial charge in [-0.25, -0.2) is 9.37 Å². The fraction of sp³-hybridized carbons (Fsp3) is 0.421. The van der Waals surface area contributed by atoms with Crippen LogP contribution in [0.1, 0.15) is 36.0 Å². The fourth-order valence-corrected chi connectivity index (χ4v) is 3.66. The van der Waals surface area contributed by atoms with Gasteiger partial charge in [0.15, 0.2) is 0 Å². The topological polar surface area (TPSA) is 70.2 Å². The van der Waals surface area contributed by atoms with Crippen molar-refractivity contribution in [1.82, 2.24) is 15.3 Å². The molecule has 150 valence electrons. The van der Waals surface area contributed by atoms with Gasteiger partial charge >= 0.3 is 0 Å². The zero-order valence-electron chi connectivity index (χ0n) is 15.7. The molecule has 1 heterocycles. The third-order valence-corrected chi connectivity index (χ3v) is 5.35. The average molecular weight is 426 g/mol. The molecule has 3 rings (SSSR count). The van der Waals surface area contributed by atoms with Crippen molar-refractivity contribution >= 4 is 40.9 Å². The van der Waals surface area contributed by atoms with E-state index in [4.69, 9.17) is 23.2 Å². The number of rotatable bonds is 5. The van der Waals surface area contributed by atoms with Gasteiger partial charge in [0, 0.05) is 32.4 Å². The summed E-state index contributed by atoms with van der Waals surface area (Å²) in [5, 5.41) is 6.32. The molecular weight excluding hydrogens is 404 g/mol. The van der Waals surface area contributed by atoms with Gasteiger partial charge < -0.3 is 15.5 Å². The number of carbonyl (C=O) groups excluding carboxylic acids is 1. The Hall–Kier alpha value is -2.12. The van der Waals surface area contributed by atoms with Crippen molar-refractivity contribution in [3.63, 3.8) is 0 Å². The Bertz CT molecular complexity index is 856. The molecule has 1 aliphatic carbocycles. The van der Waals surface area contributed by atoms with Crippen LogP contribution >= 0.6 is 23.2 Å². The lowest BCUT2D eigenvalue weighted by Gasteiger charge is -2.30. The third-order valence-electron chi connectivity index (χ3n) is 4.75. The second-order valence-electron chi connectivity index (χ2n) is 7.05. The van der Waals surface area contributed by atoms with E-state index in [1.807, 2.05) is 25.1 Å². The van der Waals surface area contributed by atoms with Gasteiger partial charge in [-0.15, -0.1) is 0 Å². The number of anilines is 2. The molecule has 9 heteroatoms. The van der Waals surface area contributed by atoms with E-state index in [1.54, 1.807) is 6.20 Å². The van der Waals surface area contributed by atoms with Gasteiger partial charge in [-0.1, -0.05) is 23.2 Å². The molecule has 1 saturated carbocycles. The Morgan fingerprint density at radius 2 is 1.82 bits per heavy atom. The number of hydrogen-bond donors (Lipinski definition) is 2. The summed E-state index contributed by atoms with van der Waals surface area (Å²) in [5.74, 6) is 0.385. The molecule has 2 aromatic rings. The highest BCUT2D eigenvalue weighted by molar-refractivity contribution is 6.36. The van der Waals surface area contributed by atoms with Crippen LogP contribution in [0.25, 0.3) is 0 Å². The van der Waals surface area contributed by atoms with Gasteiger partial charge in [0.1, 0.15) is 11.6 Å². The van der Waals surface area contributed by atoms with Crippen LogP contribution in [0.4, 0.5) is 16.2 Å². The van der Waals surface area contributed by atoms with Crippen LogP contribution in [0, 0.1) is 5.82 Å². The Morgan fingerprint density at radius 1 is 1.14 bits per heavy atom. The summed E-state index contributed by atoms with van der Waals surface area (Å²) in [5.41, 5.74) is 0.0951. The minimum Gasteiger partial charge on any atom is -0.363 e. The summed E-state index contributed by atoms with van der Waals surface area (Å²) in [6, 6.07) is 4.41. The van der Waals surface area contributed by atoms with Crippen LogP contribution in [0.2, 0.25) is 10.0 Å². The van der Waals surface area contributed by atoms with Crippen molar-refractivity contribution in [2.75, 3.05) is 24.3 Å². The summed E-state index contributed by atoms with van der Waals surface area (Å²) >= 11 is 11.7. The van der Waals surface area contributed by atoms with E-state index >= 15 is 0 Å². The maximum absolute atomic E-state index is 13.6. The van der Waals surface area contributed by atoms with E-state index in [-0.39, 0.29) is 33.6 Å². The molecule has 6 nitrogen and oxygen atoms in total. The normalized spacial score (nSPS) is 19.2. The summed E-state index contributed by atoms with van der Waals surface area (Å²) in [7, 11) is 3.86. The summed E-state index contributed by atoms with van der Waals surface area (Å²) in [4.78, 5) is 23.1. The predicted molar refractivity (Wildman–Crippen MR) is 110 cm³/mol. The highest BCUT2D eigenvalue weighted by Gasteiger charge is 2.24. The molecule has 1 aromatic carbocycles. The molecule has 0 bridgehead atoms. The zero-order valence-corrected chi connectivity index (χ0v) is 17.2. The monoisotopic (exact) mass is 425 g/mol. The number of hydrogen-bond acceptors (Lipinski definition) is 5. The van der Waals surface area contributed by atoms with Gasteiger partial charge in [-0.2, -0.15) is 4.98 Å². The first kappa shape index (κ1) is 20.6. The van der Waals surface area contributed by atoms with Crippen LogP contribution in [0.15, 0.2) is 24.4 Å². The standard InChI is InChI=1S/C19H22Cl2FN5O/c1-27(2)17-7-8-23-19(26-17)25-12-5-3-11(4-6-12)24-18(28)13-9-16(22)15(21)10-14(13)20/h7-12H,3-6H2,1-2H3,(H,24,28)(H,23,25,26). The van der Waals surface area contributed by atoms with E-state index in [0.29, 0.717) is 5.95 Å². The van der Waals surface area contributed by atoms with E-state index in [2.05, 4.69) is 20.6 Å². The van der Waals surface area contributed by atoms with E-state index in [0.717, 1.165) is 37.6 Å². The molecule has 1 fully saturated rings. The lowest BCUT2D eigenvalue weighted by Crippen LogP contribution is -2.40. The number of carbonyl (C=O) groups is 1. The van der Waals surface area contributed by atoms with Crippen molar-refractivity contribution in [2.45, 2.75) is 37.8 Å². The van der Waals surface area contributed by atoms with Crippen LogP contribution in [0.3, 0.4) is 0 Å². The summed E-state index contributed by atoms with van der Waals surface area (Å²) in [6.07, 6.45) is 5.05. The average Bonchev–Trinajstić information content (AvgIpc) is 2.66. The first-order valence-electron chi connectivity index (χ1n) is 9.06. The Morgan fingerprint density at radius 3 is 2.50 bits per heavy atom. The van der Waals surface area contributed by atoms with Crippen molar-refractivity contribution < 1.29 is 9.18 Å². The lowest BCUT2D eigenvalue weighted by molar-refractivity contribution is 0.0926. The third kappa shape index (κ3) is 5.02. The molecule has 1 aliphatic rings. The number of benzene rings is 1. The Kier molecular flexibility index (Phi) is 6.57. The second-order valence-corrected chi connectivity index (χ2v) is 7.86. The lowest BCUT2D eigenvalue weighted by atomic mass is 9.91. The highest BCUT2D eigenvalue weighted by Crippen LogP contribution is 2.26. The first-order chi connectivity index (χ1) is 13.3. The van der Waals surface area contributed by atoms with Crippen LogP contribution in [0.5, 0.6) is 0 Å². The van der Waals surface area contributed by atoms with Gasteiger partial charge in [-0.05, 0) is 43.9 Å². The molecule has 0 radical (unpaired) electrons. The Labute approximate surface area is 173 Å². The molecule has 28 heavy (non-hydrogen) atoms. The molecule has 1 aromatic heterocycles. The van der Waals surface area contributed by atoms with Crippen molar-refractivity contribution in [3.8, 4) is 0 Å². The van der Waals surface area contributed by atoms with Gasteiger partial charge in [-0.3, -0.25) is 4.79 Å².